The third-order valence-electron chi connectivity index (χ3n) is 4.34. The zero-order valence-corrected chi connectivity index (χ0v) is 15.4. The summed E-state index contributed by atoms with van der Waals surface area (Å²) < 4.78 is 0.828. The van der Waals surface area contributed by atoms with Crippen LogP contribution < -0.4 is 10.2 Å². The second-order valence-corrected chi connectivity index (χ2v) is 7.24. The Morgan fingerprint density at radius 2 is 1.96 bits per heavy atom. The summed E-state index contributed by atoms with van der Waals surface area (Å²) in [6, 6.07) is 7.43. The van der Waals surface area contributed by atoms with Gasteiger partial charge in [-0.25, -0.2) is 0 Å². The number of nitrogens with one attached hydrogen (secondary N) is 2. The number of anilines is 1. The van der Waals surface area contributed by atoms with Crippen molar-refractivity contribution in [2.75, 3.05) is 38.5 Å². The Labute approximate surface area is 146 Å². The van der Waals surface area contributed by atoms with Crippen LogP contribution in [0.25, 0.3) is 0 Å². The molecule has 1 aromatic rings. The van der Waals surface area contributed by atoms with E-state index < -0.39 is 0 Å². The standard InChI is InChI=1S/C17H24BrN3O2/c1-13-7-9-21(10-8-13)12-17(23)20(2)11-16(22)19-15-6-4-3-5-14(15)18/h3-6,13H,7-12H2,1-2H3,(H,19,22)/p+1. The fourth-order valence-corrected chi connectivity index (χ4v) is 3.14. The van der Waals surface area contributed by atoms with E-state index in [2.05, 4.69) is 28.2 Å². The van der Waals surface area contributed by atoms with Crippen LogP contribution in [0.5, 0.6) is 0 Å². The van der Waals surface area contributed by atoms with E-state index in [4.69, 9.17) is 0 Å². The molecule has 23 heavy (non-hydrogen) atoms. The molecule has 1 saturated heterocycles. The third kappa shape index (κ3) is 5.62. The number of likely N-dealkylation sites (tertiary alicyclic amines) is 1. The molecule has 126 valence electrons. The zero-order valence-electron chi connectivity index (χ0n) is 13.8. The Kier molecular flexibility index (Phi) is 6.59. The SMILES string of the molecule is CC1CC[NH+](CC(=O)N(C)CC(=O)Nc2ccccc2Br)CC1. The van der Waals surface area contributed by atoms with Gasteiger partial charge in [0.25, 0.3) is 5.91 Å². The number of rotatable bonds is 5. The minimum atomic E-state index is -0.185. The summed E-state index contributed by atoms with van der Waals surface area (Å²) in [7, 11) is 1.69. The van der Waals surface area contributed by atoms with Gasteiger partial charge in [-0.05, 0) is 46.8 Å². The van der Waals surface area contributed by atoms with Crippen molar-refractivity contribution < 1.29 is 14.5 Å². The molecule has 0 unspecified atom stereocenters. The van der Waals surface area contributed by atoms with Gasteiger partial charge in [0.1, 0.15) is 0 Å². The van der Waals surface area contributed by atoms with Crippen molar-refractivity contribution in [2.24, 2.45) is 5.92 Å². The normalized spacial score (nSPS) is 20.8. The second-order valence-electron chi connectivity index (χ2n) is 6.39. The fraction of sp³-hybridized carbons (Fsp3) is 0.529. The van der Waals surface area contributed by atoms with E-state index >= 15 is 0 Å². The predicted molar refractivity (Wildman–Crippen MR) is 94.4 cm³/mol. The van der Waals surface area contributed by atoms with Gasteiger partial charge in [0.2, 0.25) is 5.91 Å². The first-order valence-corrected chi connectivity index (χ1v) is 8.87. The Morgan fingerprint density at radius 3 is 2.61 bits per heavy atom. The zero-order chi connectivity index (χ0) is 16.8. The lowest BCUT2D eigenvalue weighted by Gasteiger charge is -2.28. The number of halogens is 1. The van der Waals surface area contributed by atoms with Crippen molar-refractivity contribution >= 4 is 33.4 Å². The predicted octanol–water partition coefficient (Wildman–Crippen LogP) is 1.16. The molecule has 0 atom stereocenters. The second kappa shape index (κ2) is 8.45. The molecule has 0 spiro atoms. The number of para-hydroxylation sites is 1. The molecule has 5 nitrogen and oxygen atoms in total. The van der Waals surface area contributed by atoms with Crippen LogP contribution in [0.1, 0.15) is 19.8 Å². The Morgan fingerprint density at radius 1 is 1.30 bits per heavy atom. The lowest BCUT2D eigenvalue weighted by molar-refractivity contribution is -0.898. The minimum absolute atomic E-state index is 0.0248. The number of carbonyl (C=O) groups excluding carboxylic acids is 2. The minimum Gasteiger partial charge on any atom is -0.332 e. The van der Waals surface area contributed by atoms with Gasteiger partial charge in [-0.2, -0.15) is 0 Å². The molecule has 1 aromatic carbocycles. The van der Waals surface area contributed by atoms with Crippen molar-refractivity contribution in [1.29, 1.82) is 0 Å². The molecule has 0 aromatic heterocycles. The van der Waals surface area contributed by atoms with E-state index in [0.717, 1.165) is 23.5 Å². The van der Waals surface area contributed by atoms with Gasteiger partial charge in [0.05, 0.1) is 25.3 Å². The maximum atomic E-state index is 12.3. The Hall–Kier alpha value is -1.40. The van der Waals surface area contributed by atoms with Crippen molar-refractivity contribution in [3.05, 3.63) is 28.7 Å². The van der Waals surface area contributed by atoms with Gasteiger partial charge >= 0.3 is 0 Å². The third-order valence-corrected chi connectivity index (χ3v) is 5.03. The van der Waals surface area contributed by atoms with E-state index in [1.54, 1.807) is 7.05 Å². The summed E-state index contributed by atoms with van der Waals surface area (Å²) in [5, 5.41) is 2.82. The van der Waals surface area contributed by atoms with Crippen molar-refractivity contribution in [3.8, 4) is 0 Å². The highest BCUT2D eigenvalue weighted by molar-refractivity contribution is 9.10. The summed E-state index contributed by atoms with van der Waals surface area (Å²) in [5.74, 6) is 0.605. The van der Waals surface area contributed by atoms with Gasteiger partial charge in [0, 0.05) is 11.5 Å². The molecular formula is C17H25BrN3O2+. The lowest BCUT2D eigenvalue weighted by Crippen LogP contribution is -3.14. The van der Waals surface area contributed by atoms with Gasteiger partial charge < -0.3 is 15.1 Å². The largest absolute Gasteiger partial charge is 0.332 e. The number of hydrogen-bond donors (Lipinski definition) is 2. The molecule has 1 aliphatic rings. The lowest BCUT2D eigenvalue weighted by atomic mass is 9.99. The van der Waals surface area contributed by atoms with Gasteiger partial charge in [0.15, 0.2) is 6.54 Å². The average Bonchev–Trinajstić information content (AvgIpc) is 2.51. The molecule has 0 bridgehead atoms. The van der Waals surface area contributed by atoms with Crippen LogP contribution in [0.3, 0.4) is 0 Å². The molecule has 6 heteroatoms. The number of likely N-dealkylation sites (N-methyl/N-ethyl adjacent to an activating group) is 1. The smallest absolute Gasteiger partial charge is 0.277 e. The molecule has 2 rings (SSSR count). The first-order valence-electron chi connectivity index (χ1n) is 8.07. The summed E-state index contributed by atoms with van der Waals surface area (Å²) in [5.41, 5.74) is 0.717. The van der Waals surface area contributed by atoms with E-state index in [1.807, 2.05) is 24.3 Å². The number of amides is 2. The highest BCUT2D eigenvalue weighted by Gasteiger charge is 2.23. The van der Waals surface area contributed by atoms with Crippen molar-refractivity contribution in [3.63, 3.8) is 0 Å². The molecule has 1 aliphatic heterocycles. The van der Waals surface area contributed by atoms with Crippen LogP contribution in [-0.2, 0) is 9.59 Å². The monoisotopic (exact) mass is 382 g/mol. The van der Waals surface area contributed by atoms with E-state index in [0.29, 0.717) is 12.2 Å². The van der Waals surface area contributed by atoms with E-state index in [1.165, 1.54) is 22.6 Å². The summed E-state index contributed by atoms with van der Waals surface area (Å²) >= 11 is 3.39. The Bertz CT molecular complexity index is 557. The van der Waals surface area contributed by atoms with E-state index in [-0.39, 0.29) is 18.4 Å². The van der Waals surface area contributed by atoms with E-state index in [9.17, 15) is 9.59 Å². The summed E-state index contributed by atoms with van der Waals surface area (Å²) in [6.07, 6.45) is 2.35. The number of quaternary nitrogens is 1. The highest BCUT2D eigenvalue weighted by Crippen LogP contribution is 2.20. The maximum absolute atomic E-state index is 12.3. The first-order chi connectivity index (χ1) is 11.0. The van der Waals surface area contributed by atoms with Crippen LogP contribution >= 0.6 is 15.9 Å². The molecule has 2 N–H and O–H groups in total. The first kappa shape index (κ1) is 17.9. The number of hydrogen-bond acceptors (Lipinski definition) is 2. The topological polar surface area (TPSA) is 53.9 Å². The average molecular weight is 383 g/mol. The van der Waals surface area contributed by atoms with Crippen LogP contribution in [0, 0.1) is 5.92 Å². The number of piperidine rings is 1. The molecular weight excluding hydrogens is 358 g/mol. The van der Waals surface area contributed by atoms with Gasteiger partial charge in [-0.3, -0.25) is 9.59 Å². The Balaban J connectivity index is 1.79. The maximum Gasteiger partial charge on any atom is 0.277 e. The van der Waals surface area contributed by atoms with Crippen LogP contribution in [0.4, 0.5) is 5.69 Å². The molecule has 0 saturated carbocycles. The van der Waals surface area contributed by atoms with Crippen LogP contribution in [0.15, 0.2) is 28.7 Å². The summed E-state index contributed by atoms with van der Waals surface area (Å²) in [6.45, 7) is 4.90. The number of nitrogens with zero attached hydrogens (tertiary/aromatic N) is 1. The molecule has 2 amide bonds. The van der Waals surface area contributed by atoms with Crippen molar-refractivity contribution in [1.82, 2.24) is 4.90 Å². The van der Waals surface area contributed by atoms with Gasteiger partial charge in [-0.15, -0.1) is 0 Å². The van der Waals surface area contributed by atoms with Crippen molar-refractivity contribution in [2.45, 2.75) is 19.8 Å². The molecule has 0 aliphatic carbocycles. The number of benzene rings is 1. The quantitative estimate of drug-likeness (QED) is 0.802. The highest BCUT2D eigenvalue weighted by atomic mass is 79.9. The molecule has 0 radical (unpaired) electrons. The van der Waals surface area contributed by atoms with Crippen LogP contribution in [0.2, 0.25) is 0 Å². The number of carbonyl (C=O) groups is 2. The van der Waals surface area contributed by atoms with Crippen LogP contribution in [-0.4, -0.2) is 49.9 Å². The fourth-order valence-electron chi connectivity index (χ4n) is 2.75. The molecule has 1 heterocycles. The van der Waals surface area contributed by atoms with Gasteiger partial charge in [-0.1, -0.05) is 19.1 Å². The molecule has 1 fully saturated rings. The summed E-state index contributed by atoms with van der Waals surface area (Å²) in [4.78, 5) is 27.2.